The minimum absolute atomic E-state index is 0.133. The number of nitrogens with zero attached hydrogens (tertiary/aromatic N) is 3. The molecule has 3 rings (SSSR count). The molecule has 1 aromatic heterocycles. The van der Waals surface area contributed by atoms with Crippen molar-refractivity contribution in [2.75, 3.05) is 37.8 Å². The smallest absolute Gasteiger partial charge is 0.375 e. The van der Waals surface area contributed by atoms with Crippen LogP contribution in [0.4, 0.5) is 11.5 Å². The Morgan fingerprint density at radius 2 is 2.17 bits per heavy atom. The fourth-order valence-corrected chi connectivity index (χ4v) is 3.22. The van der Waals surface area contributed by atoms with Crippen LogP contribution < -0.4 is 4.90 Å². The van der Waals surface area contributed by atoms with Crippen LogP contribution in [-0.2, 0) is 9.47 Å². The van der Waals surface area contributed by atoms with E-state index in [0.717, 1.165) is 0 Å². The highest BCUT2D eigenvalue weighted by molar-refractivity contribution is 6.83. The summed E-state index contributed by atoms with van der Waals surface area (Å²) in [7, 11) is -1.52. The van der Waals surface area contributed by atoms with E-state index in [1.165, 1.54) is 6.20 Å². The first-order valence-corrected chi connectivity index (χ1v) is 11.4. The molecule has 8 heteroatoms. The first-order chi connectivity index (χ1) is 11.3. The Kier molecular flexibility index (Phi) is 4.34. The number of morpholine rings is 1. The first kappa shape index (κ1) is 16.9. The Bertz CT molecular complexity index is 716. The standard InChI is InChI=1S/C16H21N3O4Si/c1-24(2,3)7-4-13-8-14(15(17-9-13)19(20)21)18-5-6-23-16(10-18)11-22-12-16/h8-9H,5-6,10-12H2,1-3H3. The molecule has 2 aliphatic rings. The second-order valence-electron chi connectivity index (χ2n) is 7.27. The molecule has 0 amide bonds. The number of aromatic nitrogens is 1. The second-order valence-corrected chi connectivity index (χ2v) is 12.0. The number of hydrogen-bond donors (Lipinski definition) is 0. The van der Waals surface area contributed by atoms with Crippen molar-refractivity contribution in [1.82, 2.24) is 4.98 Å². The van der Waals surface area contributed by atoms with Crippen molar-refractivity contribution < 1.29 is 14.4 Å². The second kappa shape index (κ2) is 6.16. The molecule has 0 N–H and O–H groups in total. The fraction of sp³-hybridized carbons (Fsp3) is 0.562. The zero-order chi connectivity index (χ0) is 17.4. The van der Waals surface area contributed by atoms with E-state index in [0.29, 0.717) is 44.2 Å². The SMILES string of the molecule is C[Si](C)(C)C#Cc1cnc([N+](=O)[O-])c(N2CCOC3(COC3)C2)c1. The van der Waals surface area contributed by atoms with Gasteiger partial charge in [0.15, 0.2) is 6.20 Å². The molecule has 0 aliphatic carbocycles. The Hall–Kier alpha value is -1.95. The van der Waals surface area contributed by atoms with Gasteiger partial charge < -0.3 is 24.5 Å². The Morgan fingerprint density at radius 3 is 2.75 bits per heavy atom. The van der Waals surface area contributed by atoms with Gasteiger partial charge in [-0.05, 0) is 16.0 Å². The molecule has 2 aliphatic heterocycles. The fourth-order valence-electron chi connectivity index (χ4n) is 2.70. The molecule has 24 heavy (non-hydrogen) atoms. The predicted molar refractivity (Wildman–Crippen MR) is 92.8 cm³/mol. The molecule has 0 aromatic carbocycles. The van der Waals surface area contributed by atoms with E-state index >= 15 is 0 Å². The highest BCUT2D eigenvalue weighted by Gasteiger charge is 2.44. The normalized spacial score (nSPS) is 19.4. The van der Waals surface area contributed by atoms with E-state index in [4.69, 9.17) is 9.47 Å². The number of hydrogen-bond acceptors (Lipinski definition) is 6. The van der Waals surface area contributed by atoms with E-state index in [2.05, 4.69) is 36.1 Å². The lowest BCUT2D eigenvalue weighted by atomic mass is 9.99. The van der Waals surface area contributed by atoms with Crippen molar-refractivity contribution in [3.8, 4) is 11.5 Å². The van der Waals surface area contributed by atoms with E-state index in [9.17, 15) is 10.1 Å². The van der Waals surface area contributed by atoms with Gasteiger partial charge in [0.25, 0.3) is 0 Å². The monoisotopic (exact) mass is 347 g/mol. The van der Waals surface area contributed by atoms with Crippen molar-refractivity contribution >= 4 is 19.6 Å². The quantitative estimate of drug-likeness (QED) is 0.351. The number of pyridine rings is 1. The zero-order valence-corrected chi connectivity index (χ0v) is 15.2. The highest BCUT2D eigenvalue weighted by Crippen LogP contribution is 2.33. The molecule has 3 heterocycles. The highest BCUT2D eigenvalue weighted by atomic mass is 28.3. The van der Waals surface area contributed by atoms with Crippen LogP contribution in [0.3, 0.4) is 0 Å². The summed E-state index contributed by atoms with van der Waals surface area (Å²) < 4.78 is 11.1. The van der Waals surface area contributed by atoms with Crippen molar-refractivity contribution in [1.29, 1.82) is 0 Å². The van der Waals surface area contributed by atoms with Crippen molar-refractivity contribution in [2.45, 2.75) is 25.2 Å². The third-order valence-corrected chi connectivity index (χ3v) is 4.80. The molecule has 0 unspecified atom stereocenters. The van der Waals surface area contributed by atoms with Crippen LogP contribution in [0, 0.1) is 21.6 Å². The van der Waals surface area contributed by atoms with Gasteiger partial charge in [0.2, 0.25) is 0 Å². The minimum Gasteiger partial charge on any atom is -0.375 e. The van der Waals surface area contributed by atoms with Gasteiger partial charge in [-0.25, -0.2) is 0 Å². The summed E-state index contributed by atoms with van der Waals surface area (Å²) in [6, 6.07) is 1.77. The van der Waals surface area contributed by atoms with Crippen LogP contribution in [0.5, 0.6) is 0 Å². The molecular formula is C16H21N3O4Si. The Morgan fingerprint density at radius 1 is 1.42 bits per heavy atom. The summed E-state index contributed by atoms with van der Waals surface area (Å²) in [6.45, 7) is 9.20. The van der Waals surface area contributed by atoms with Gasteiger partial charge in [-0.1, -0.05) is 25.6 Å². The molecule has 0 saturated carbocycles. The predicted octanol–water partition coefficient (Wildman–Crippen LogP) is 1.82. The number of rotatable bonds is 2. The molecule has 1 aromatic rings. The van der Waals surface area contributed by atoms with Crippen molar-refractivity contribution in [2.24, 2.45) is 0 Å². The maximum atomic E-state index is 11.4. The maximum absolute atomic E-state index is 11.4. The van der Waals surface area contributed by atoms with E-state index in [1.807, 2.05) is 4.90 Å². The summed E-state index contributed by atoms with van der Waals surface area (Å²) in [4.78, 5) is 16.9. The third kappa shape index (κ3) is 3.58. The average molecular weight is 347 g/mol. The van der Waals surface area contributed by atoms with Gasteiger partial charge in [0.05, 0.1) is 31.9 Å². The molecule has 0 bridgehead atoms. The lowest BCUT2D eigenvalue weighted by molar-refractivity contribution is -0.388. The van der Waals surface area contributed by atoms with Gasteiger partial charge in [-0.15, -0.1) is 5.54 Å². The van der Waals surface area contributed by atoms with Crippen molar-refractivity contribution in [3.63, 3.8) is 0 Å². The van der Waals surface area contributed by atoms with Gasteiger partial charge in [0, 0.05) is 6.54 Å². The van der Waals surface area contributed by atoms with Gasteiger partial charge >= 0.3 is 5.82 Å². The van der Waals surface area contributed by atoms with Gasteiger partial charge in [0.1, 0.15) is 19.4 Å². The summed E-state index contributed by atoms with van der Waals surface area (Å²) in [5, 5.41) is 11.4. The maximum Gasteiger partial charge on any atom is 0.387 e. The largest absolute Gasteiger partial charge is 0.387 e. The number of nitro groups is 1. The summed E-state index contributed by atoms with van der Waals surface area (Å²) in [5.74, 6) is 2.99. The summed E-state index contributed by atoms with van der Waals surface area (Å²) in [6.07, 6.45) is 1.48. The van der Waals surface area contributed by atoms with Crippen LogP contribution >= 0.6 is 0 Å². The van der Waals surface area contributed by atoms with E-state index in [1.54, 1.807) is 6.07 Å². The molecule has 7 nitrogen and oxygen atoms in total. The van der Waals surface area contributed by atoms with Crippen LogP contribution in [0.15, 0.2) is 12.3 Å². The molecule has 2 fully saturated rings. The van der Waals surface area contributed by atoms with Crippen LogP contribution in [0.1, 0.15) is 5.56 Å². The molecule has 128 valence electrons. The van der Waals surface area contributed by atoms with Gasteiger partial charge in [-0.3, -0.25) is 0 Å². The Labute approximate surface area is 142 Å². The van der Waals surface area contributed by atoms with Crippen LogP contribution in [-0.4, -0.2) is 56.5 Å². The lowest BCUT2D eigenvalue weighted by Crippen LogP contribution is -2.63. The lowest BCUT2D eigenvalue weighted by Gasteiger charge is -2.48. The minimum atomic E-state index is -1.52. The number of ether oxygens (including phenoxy) is 2. The summed E-state index contributed by atoms with van der Waals surface area (Å²) in [5.41, 5.74) is 4.15. The zero-order valence-electron chi connectivity index (χ0n) is 14.2. The molecular weight excluding hydrogens is 326 g/mol. The molecule has 0 radical (unpaired) electrons. The first-order valence-electron chi connectivity index (χ1n) is 7.92. The Balaban J connectivity index is 1.94. The van der Waals surface area contributed by atoms with Crippen LogP contribution in [0.25, 0.3) is 0 Å². The third-order valence-electron chi connectivity index (χ3n) is 3.92. The van der Waals surface area contributed by atoms with E-state index in [-0.39, 0.29) is 11.4 Å². The van der Waals surface area contributed by atoms with Crippen LogP contribution in [0.2, 0.25) is 19.6 Å². The topological polar surface area (TPSA) is 77.7 Å². The summed E-state index contributed by atoms with van der Waals surface area (Å²) >= 11 is 0. The number of anilines is 1. The van der Waals surface area contributed by atoms with E-state index < -0.39 is 13.0 Å². The van der Waals surface area contributed by atoms with Crippen molar-refractivity contribution in [3.05, 3.63) is 27.9 Å². The molecule has 2 saturated heterocycles. The molecule has 0 atom stereocenters. The average Bonchev–Trinajstić information content (AvgIpc) is 2.50. The van der Waals surface area contributed by atoms with Gasteiger partial charge in [-0.2, -0.15) is 0 Å². The molecule has 1 spiro atoms.